The van der Waals surface area contributed by atoms with Crippen molar-refractivity contribution in [2.45, 2.75) is 26.3 Å². The van der Waals surface area contributed by atoms with Crippen LogP contribution in [-0.2, 0) is 6.54 Å². The molecule has 1 atom stereocenters. The summed E-state index contributed by atoms with van der Waals surface area (Å²) in [6, 6.07) is 0. The zero-order valence-electron chi connectivity index (χ0n) is 7.85. The molecule has 0 saturated carbocycles. The van der Waals surface area contributed by atoms with Gasteiger partial charge in [0.1, 0.15) is 0 Å². The van der Waals surface area contributed by atoms with Gasteiger partial charge in [-0.15, -0.1) is 0 Å². The van der Waals surface area contributed by atoms with Gasteiger partial charge in [-0.1, -0.05) is 6.92 Å². The first-order valence-corrected chi connectivity index (χ1v) is 4.49. The molecule has 1 aromatic heterocycles. The molecule has 13 heavy (non-hydrogen) atoms. The van der Waals surface area contributed by atoms with Crippen LogP contribution in [0.1, 0.15) is 29.7 Å². The predicted molar refractivity (Wildman–Crippen MR) is 49.7 cm³/mol. The molecule has 70 valence electrons. The quantitative estimate of drug-likeness (QED) is 0.601. The van der Waals surface area contributed by atoms with Crippen molar-refractivity contribution in [1.82, 2.24) is 15.5 Å². The molecule has 1 aromatic rings. The first-order valence-electron chi connectivity index (χ1n) is 4.49. The van der Waals surface area contributed by atoms with Gasteiger partial charge in [0.15, 0.2) is 0 Å². The van der Waals surface area contributed by atoms with E-state index in [1.807, 2.05) is 6.92 Å². The number of nitrogens with zero attached hydrogens (tertiary/aromatic N) is 1. The van der Waals surface area contributed by atoms with E-state index in [1.54, 1.807) is 0 Å². The van der Waals surface area contributed by atoms with Gasteiger partial charge < -0.3 is 5.32 Å². The highest BCUT2D eigenvalue weighted by atomic mass is 16.1. The lowest BCUT2D eigenvalue weighted by molar-refractivity contribution is 0.543. The van der Waals surface area contributed by atoms with Crippen LogP contribution in [0.15, 0.2) is 4.79 Å². The minimum absolute atomic E-state index is 0.0744. The van der Waals surface area contributed by atoms with Gasteiger partial charge in [-0.2, -0.15) is 5.10 Å². The predicted octanol–water partition coefficient (Wildman–Crippen LogP) is 0.285. The van der Waals surface area contributed by atoms with Crippen molar-refractivity contribution < 1.29 is 0 Å². The maximum absolute atomic E-state index is 11.3. The topological polar surface area (TPSA) is 57.8 Å². The molecule has 0 bridgehead atoms. The Morgan fingerprint density at radius 2 is 2.31 bits per heavy atom. The van der Waals surface area contributed by atoms with Crippen LogP contribution in [0, 0.1) is 6.92 Å². The van der Waals surface area contributed by atoms with Crippen molar-refractivity contribution in [2.75, 3.05) is 6.54 Å². The molecule has 2 heterocycles. The highest BCUT2D eigenvalue weighted by Gasteiger charge is 2.20. The molecule has 2 rings (SSSR count). The highest BCUT2D eigenvalue weighted by molar-refractivity contribution is 5.30. The van der Waals surface area contributed by atoms with Crippen LogP contribution in [0.5, 0.6) is 0 Å². The fraction of sp³-hybridized carbons (Fsp3) is 0.556. The first kappa shape index (κ1) is 8.44. The van der Waals surface area contributed by atoms with Crippen LogP contribution in [0.4, 0.5) is 0 Å². The highest BCUT2D eigenvalue weighted by Crippen LogP contribution is 2.20. The standard InChI is InChI=1S/C9H13N3O/c1-5-3-10-4-7-6(2)9(13)12-11-8(5)7/h5,10H,3-4H2,1-2H3,(H,12,13). The van der Waals surface area contributed by atoms with Gasteiger partial charge in [-0.05, 0) is 12.5 Å². The Labute approximate surface area is 76.4 Å². The lowest BCUT2D eigenvalue weighted by Gasteiger charge is -2.22. The summed E-state index contributed by atoms with van der Waals surface area (Å²) in [5.41, 5.74) is 2.83. The second kappa shape index (κ2) is 2.96. The van der Waals surface area contributed by atoms with E-state index in [2.05, 4.69) is 22.4 Å². The minimum atomic E-state index is -0.0744. The summed E-state index contributed by atoms with van der Waals surface area (Å²) in [6.45, 7) is 5.66. The van der Waals surface area contributed by atoms with Crippen LogP contribution in [0.3, 0.4) is 0 Å². The van der Waals surface area contributed by atoms with E-state index < -0.39 is 0 Å². The Balaban J connectivity index is 2.63. The van der Waals surface area contributed by atoms with E-state index in [0.717, 1.165) is 29.9 Å². The fourth-order valence-electron chi connectivity index (χ4n) is 1.73. The van der Waals surface area contributed by atoms with Crippen LogP contribution < -0.4 is 10.9 Å². The zero-order valence-corrected chi connectivity index (χ0v) is 7.85. The molecule has 0 aliphatic carbocycles. The molecular formula is C9H13N3O. The normalized spacial score (nSPS) is 21.2. The molecular weight excluding hydrogens is 166 g/mol. The summed E-state index contributed by atoms with van der Waals surface area (Å²) in [5.74, 6) is 0.388. The maximum atomic E-state index is 11.3. The Morgan fingerprint density at radius 3 is 3.08 bits per heavy atom. The fourth-order valence-corrected chi connectivity index (χ4v) is 1.73. The third-order valence-electron chi connectivity index (χ3n) is 2.60. The summed E-state index contributed by atoms with van der Waals surface area (Å²) < 4.78 is 0. The average molecular weight is 179 g/mol. The smallest absolute Gasteiger partial charge is 0.267 e. The number of hydrogen-bond donors (Lipinski definition) is 2. The van der Waals surface area contributed by atoms with Gasteiger partial charge in [0, 0.05) is 24.6 Å². The summed E-state index contributed by atoms with van der Waals surface area (Å²) in [5, 5.41) is 9.87. The molecule has 1 unspecified atom stereocenters. The van der Waals surface area contributed by atoms with E-state index in [-0.39, 0.29) is 5.56 Å². The van der Waals surface area contributed by atoms with Gasteiger partial charge in [0.25, 0.3) is 5.56 Å². The van der Waals surface area contributed by atoms with Crippen LogP contribution >= 0.6 is 0 Å². The molecule has 0 radical (unpaired) electrons. The number of aromatic nitrogens is 2. The SMILES string of the molecule is Cc1c2c(n[nH]c1=O)C(C)CNC2. The number of hydrogen-bond acceptors (Lipinski definition) is 3. The van der Waals surface area contributed by atoms with Gasteiger partial charge >= 0.3 is 0 Å². The molecule has 4 nitrogen and oxygen atoms in total. The van der Waals surface area contributed by atoms with Crippen molar-refractivity contribution in [3.8, 4) is 0 Å². The average Bonchev–Trinajstić information content (AvgIpc) is 2.12. The number of H-pyrrole nitrogens is 1. The number of aromatic amines is 1. The summed E-state index contributed by atoms with van der Waals surface area (Å²) in [7, 11) is 0. The number of nitrogens with one attached hydrogen (secondary N) is 2. The third-order valence-corrected chi connectivity index (χ3v) is 2.60. The lowest BCUT2D eigenvalue weighted by atomic mass is 9.96. The van der Waals surface area contributed by atoms with E-state index in [9.17, 15) is 4.79 Å². The molecule has 0 aromatic carbocycles. The first-order chi connectivity index (χ1) is 6.20. The maximum Gasteiger partial charge on any atom is 0.267 e. The van der Waals surface area contributed by atoms with Crippen molar-refractivity contribution in [3.63, 3.8) is 0 Å². The molecule has 0 fully saturated rings. The van der Waals surface area contributed by atoms with Crippen LogP contribution in [0.25, 0.3) is 0 Å². The van der Waals surface area contributed by atoms with Crippen molar-refractivity contribution in [1.29, 1.82) is 0 Å². The van der Waals surface area contributed by atoms with Crippen LogP contribution in [-0.4, -0.2) is 16.7 Å². The largest absolute Gasteiger partial charge is 0.312 e. The van der Waals surface area contributed by atoms with E-state index in [4.69, 9.17) is 0 Å². The summed E-state index contributed by atoms with van der Waals surface area (Å²) in [4.78, 5) is 11.3. The number of fused-ring (bicyclic) bond motifs is 1. The van der Waals surface area contributed by atoms with E-state index in [1.165, 1.54) is 0 Å². The molecule has 2 N–H and O–H groups in total. The molecule has 1 aliphatic heterocycles. The molecule has 0 saturated heterocycles. The zero-order chi connectivity index (χ0) is 9.42. The second-order valence-electron chi connectivity index (χ2n) is 3.57. The Kier molecular flexibility index (Phi) is 1.92. The van der Waals surface area contributed by atoms with Crippen molar-refractivity contribution >= 4 is 0 Å². The minimum Gasteiger partial charge on any atom is -0.312 e. The molecule has 0 spiro atoms. The van der Waals surface area contributed by atoms with Crippen molar-refractivity contribution in [2.24, 2.45) is 0 Å². The second-order valence-corrected chi connectivity index (χ2v) is 3.57. The van der Waals surface area contributed by atoms with E-state index >= 15 is 0 Å². The van der Waals surface area contributed by atoms with Crippen LogP contribution in [0.2, 0.25) is 0 Å². The Morgan fingerprint density at radius 1 is 1.54 bits per heavy atom. The number of rotatable bonds is 0. The Bertz CT molecular complexity index is 383. The molecule has 1 aliphatic rings. The van der Waals surface area contributed by atoms with Gasteiger partial charge in [0.05, 0.1) is 5.69 Å². The van der Waals surface area contributed by atoms with Gasteiger partial charge in [-0.3, -0.25) is 4.79 Å². The van der Waals surface area contributed by atoms with Crippen molar-refractivity contribution in [3.05, 3.63) is 27.2 Å². The third kappa shape index (κ3) is 1.27. The monoisotopic (exact) mass is 179 g/mol. The summed E-state index contributed by atoms with van der Waals surface area (Å²) >= 11 is 0. The van der Waals surface area contributed by atoms with Gasteiger partial charge in [0.2, 0.25) is 0 Å². The summed E-state index contributed by atoms with van der Waals surface area (Å²) in [6.07, 6.45) is 0. The molecule has 0 amide bonds. The lowest BCUT2D eigenvalue weighted by Crippen LogP contribution is -2.31. The van der Waals surface area contributed by atoms with Gasteiger partial charge in [-0.25, -0.2) is 5.10 Å². The Hall–Kier alpha value is -1.16. The van der Waals surface area contributed by atoms with E-state index in [0.29, 0.717) is 5.92 Å². The molecule has 4 heteroatoms.